The second-order valence-electron chi connectivity index (χ2n) is 3.78. The SMILES string of the molecule is COc1ccc(C(=O)/C=C(\C)C(OC)OC)cc1. The van der Waals surface area contributed by atoms with Crippen LogP contribution in [0.25, 0.3) is 0 Å². The van der Waals surface area contributed by atoms with Gasteiger partial charge in [-0.2, -0.15) is 0 Å². The average Bonchev–Trinajstić information content (AvgIpc) is 2.40. The molecule has 0 radical (unpaired) electrons. The molecule has 0 aliphatic rings. The van der Waals surface area contributed by atoms with E-state index in [-0.39, 0.29) is 5.78 Å². The van der Waals surface area contributed by atoms with Crippen LogP contribution in [0.2, 0.25) is 0 Å². The summed E-state index contributed by atoms with van der Waals surface area (Å²) in [5.74, 6) is 0.633. The van der Waals surface area contributed by atoms with Gasteiger partial charge in [0.25, 0.3) is 0 Å². The second-order valence-corrected chi connectivity index (χ2v) is 3.78. The standard InChI is InChI=1S/C14H18O4/c1-10(14(17-3)18-4)9-13(15)11-5-7-12(16-2)8-6-11/h5-9,14H,1-4H3/b10-9+. The monoisotopic (exact) mass is 250 g/mol. The molecule has 1 aromatic carbocycles. The highest BCUT2D eigenvalue weighted by molar-refractivity contribution is 6.04. The fraction of sp³-hybridized carbons (Fsp3) is 0.357. The Morgan fingerprint density at radius 1 is 1.11 bits per heavy atom. The van der Waals surface area contributed by atoms with Gasteiger partial charge in [0.1, 0.15) is 5.75 Å². The molecule has 98 valence electrons. The van der Waals surface area contributed by atoms with Crippen molar-refractivity contribution >= 4 is 5.78 Å². The molecule has 0 unspecified atom stereocenters. The molecule has 0 aliphatic carbocycles. The number of carbonyl (C=O) groups excluding carboxylic acids is 1. The van der Waals surface area contributed by atoms with E-state index in [2.05, 4.69) is 0 Å². The summed E-state index contributed by atoms with van der Waals surface area (Å²) in [7, 11) is 4.65. The summed E-state index contributed by atoms with van der Waals surface area (Å²) >= 11 is 0. The summed E-state index contributed by atoms with van der Waals surface area (Å²) in [4.78, 5) is 12.0. The highest BCUT2D eigenvalue weighted by Crippen LogP contribution is 2.14. The van der Waals surface area contributed by atoms with E-state index in [0.717, 1.165) is 11.3 Å². The van der Waals surface area contributed by atoms with Gasteiger partial charge in [0.2, 0.25) is 0 Å². The number of methoxy groups -OCH3 is 3. The third-order valence-electron chi connectivity index (χ3n) is 2.53. The maximum atomic E-state index is 12.0. The number of ketones is 1. The van der Waals surface area contributed by atoms with Crippen molar-refractivity contribution in [1.82, 2.24) is 0 Å². The van der Waals surface area contributed by atoms with Gasteiger partial charge in [0.15, 0.2) is 12.1 Å². The Bertz CT molecular complexity index is 416. The topological polar surface area (TPSA) is 44.8 Å². The van der Waals surface area contributed by atoms with Crippen molar-refractivity contribution in [2.45, 2.75) is 13.2 Å². The fourth-order valence-corrected chi connectivity index (χ4v) is 1.58. The van der Waals surface area contributed by atoms with Crippen LogP contribution in [0, 0.1) is 0 Å². The minimum atomic E-state index is -0.493. The molecule has 0 atom stereocenters. The molecule has 0 aliphatic heterocycles. The Kier molecular flexibility index (Phi) is 5.55. The van der Waals surface area contributed by atoms with E-state index >= 15 is 0 Å². The summed E-state index contributed by atoms with van der Waals surface area (Å²) in [5, 5.41) is 0. The largest absolute Gasteiger partial charge is 0.497 e. The van der Waals surface area contributed by atoms with Crippen LogP contribution in [-0.2, 0) is 9.47 Å². The lowest BCUT2D eigenvalue weighted by atomic mass is 10.1. The summed E-state index contributed by atoms with van der Waals surface area (Å²) < 4.78 is 15.2. The first-order valence-electron chi connectivity index (χ1n) is 5.54. The summed E-state index contributed by atoms with van der Waals surface area (Å²) in [6.07, 6.45) is 1.02. The average molecular weight is 250 g/mol. The van der Waals surface area contributed by atoms with E-state index in [1.807, 2.05) is 0 Å². The van der Waals surface area contributed by atoms with Gasteiger partial charge in [0.05, 0.1) is 7.11 Å². The van der Waals surface area contributed by atoms with Gasteiger partial charge in [-0.15, -0.1) is 0 Å². The van der Waals surface area contributed by atoms with Crippen LogP contribution in [0.4, 0.5) is 0 Å². The van der Waals surface area contributed by atoms with Crippen molar-refractivity contribution in [3.05, 3.63) is 41.5 Å². The molecule has 0 saturated heterocycles. The molecule has 4 nitrogen and oxygen atoms in total. The van der Waals surface area contributed by atoms with Gasteiger partial charge in [-0.3, -0.25) is 4.79 Å². The fourth-order valence-electron chi connectivity index (χ4n) is 1.58. The molecule has 1 aromatic rings. The number of hydrogen-bond donors (Lipinski definition) is 0. The van der Waals surface area contributed by atoms with E-state index in [9.17, 15) is 4.79 Å². The van der Waals surface area contributed by atoms with Crippen LogP contribution in [-0.4, -0.2) is 33.4 Å². The summed E-state index contributed by atoms with van der Waals surface area (Å²) in [5.41, 5.74) is 1.32. The smallest absolute Gasteiger partial charge is 0.185 e. The predicted octanol–water partition coefficient (Wildman–Crippen LogP) is 2.44. The first kappa shape index (κ1) is 14.4. The van der Waals surface area contributed by atoms with Crippen LogP contribution < -0.4 is 4.74 Å². The number of carbonyl (C=O) groups is 1. The van der Waals surface area contributed by atoms with E-state index in [0.29, 0.717) is 5.56 Å². The van der Waals surface area contributed by atoms with Crippen molar-refractivity contribution in [3.63, 3.8) is 0 Å². The zero-order valence-corrected chi connectivity index (χ0v) is 11.1. The number of rotatable bonds is 6. The van der Waals surface area contributed by atoms with Crippen molar-refractivity contribution in [2.24, 2.45) is 0 Å². The third kappa shape index (κ3) is 3.68. The number of allylic oxidation sites excluding steroid dienone is 1. The normalized spacial score (nSPS) is 11.7. The highest BCUT2D eigenvalue weighted by atomic mass is 16.7. The Morgan fingerprint density at radius 3 is 2.11 bits per heavy atom. The summed E-state index contributed by atoms with van der Waals surface area (Å²) in [6, 6.07) is 6.94. The van der Waals surface area contributed by atoms with E-state index in [1.54, 1.807) is 38.3 Å². The molecule has 0 heterocycles. The lowest BCUT2D eigenvalue weighted by Gasteiger charge is -2.13. The van der Waals surface area contributed by atoms with Crippen LogP contribution >= 0.6 is 0 Å². The van der Waals surface area contributed by atoms with Gasteiger partial charge < -0.3 is 14.2 Å². The Balaban J connectivity index is 2.83. The first-order valence-corrected chi connectivity index (χ1v) is 5.54. The van der Waals surface area contributed by atoms with E-state index < -0.39 is 6.29 Å². The van der Waals surface area contributed by atoms with Gasteiger partial charge in [-0.1, -0.05) is 0 Å². The molecule has 0 fully saturated rings. The van der Waals surface area contributed by atoms with E-state index in [4.69, 9.17) is 14.2 Å². The summed E-state index contributed by atoms with van der Waals surface area (Å²) in [6.45, 7) is 1.79. The molecule has 0 aromatic heterocycles. The highest BCUT2D eigenvalue weighted by Gasteiger charge is 2.10. The van der Waals surface area contributed by atoms with Crippen molar-refractivity contribution < 1.29 is 19.0 Å². The Hall–Kier alpha value is -1.65. The Labute approximate surface area is 107 Å². The molecule has 1 rings (SSSR count). The quantitative estimate of drug-likeness (QED) is 0.442. The zero-order valence-electron chi connectivity index (χ0n) is 11.1. The molecule has 0 spiro atoms. The maximum Gasteiger partial charge on any atom is 0.185 e. The molecular weight excluding hydrogens is 232 g/mol. The van der Waals surface area contributed by atoms with Crippen LogP contribution in [0.3, 0.4) is 0 Å². The number of benzene rings is 1. The molecule has 18 heavy (non-hydrogen) atoms. The minimum Gasteiger partial charge on any atom is -0.497 e. The predicted molar refractivity (Wildman–Crippen MR) is 68.9 cm³/mol. The van der Waals surface area contributed by atoms with Gasteiger partial charge in [-0.25, -0.2) is 0 Å². The lowest BCUT2D eigenvalue weighted by Crippen LogP contribution is -2.15. The number of ether oxygens (including phenoxy) is 3. The minimum absolute atomic E-state index is 0.0887. The van der Waals surface area contributed by atoms with Crippen LogP contribution in [0.1, 0.15) is 17.3 Å². The van der Waals surface area contributed by atoms with Crippen molar-refractivity contribution in [3.8, 4) is 5.75 Å². The molecule has 0 bridgehead atoms. The van der Waals surface area contributed by atoms with Crippen molar-refractivity contribution in [1.29, 1.82) is 0 Å². The second kappa shape index (κ2) is 6.93. The van der Waals surface area contributed by atoms with Crippen LogP contribution in [0.15, 0.2) is 35.9 Å². The van der Waals surface area contributed by atoms with Crippen molar-refractivity contribution in [2.75, 3.05) is 21.3 Å². The number of hydrogen-bond acceptors (Lipinski definition) is 4. The molecule has 0 amide bonds. The molecule has 0 saturated carbocycles. The third-order valence-corrected chi connectivity index (χ3v) is 2.53. The van der Waals surface area contributed by atoms with Crippen LogP contribution in [0.5, 0.6) is 5.75 Å². The first-order chi connectivity index (χ1) is 8.62. The molecule has 0 N–H and O–H groups in total. The lowest BCUT2D eigenvalue weighted by molar-refractivity contribution is -0.0747. The van der Waals surface area contributed by atoms with E-state index in [1.165, 1.54) is 20.3 Å². The zero-order chi connectivity index (χ0) is 13.5. The van der Waals surface area contributed by atoms with Gasteiger partial charge >= 0.3 is 0 Å². The Morgan fingerprint density at radius 2 is 1.67 bits per heavy atom. The maximum absolute atomic E-state index is 12.0. The molecular formula is C14H18O4. The van der Waals surface area contributed by atoms with Gasteiger partial charge in [0, 0.05) is 19.8 Å². The van der Waals surface area contributed by atoms with Gasteiger partial charge in [-0.05, 0) is 42.8 Å². The molecule has 4 heteroatoms.